The SMILES string of the molecule is Cc1noc(C)c1CNc1cc(C(F)(F)F)ccc1F. The second-order valence-corrected chi connectivity index (χ2v) is 4.35. The van der Waals surface area contributed by atoms with Gasteiger partial charge in [-0.3, -0.25) is 0 Å². The van der Waals surface area contributed by atoms with E-state index < -0.39 is 17.6 Å². The van der Waals surface area contributed by atoms with Gasteiger partial charge in [0.1, 0.15) is 11.6 Å². The van der Waals surface area contributed by atoms with Gasteiger partial charge in [0.15, 0.2) is 0 Å². The number of nitrogens with one attached hydrogen (secondary N) is 1. The first-order chi connectivity index (χ1) is 9.29. The molecule has 0 amide bonds. The van der Waals surface area contributed by atoms with E-state index in [1.165, 1.54) is 0 Å². The molecule has 20 heavy (non-hydrogen) atoms. The number of halogens is 4. The van der Waals surface area contributed by atoms with E-state index in [1.54, 1.807) is 13.8 Å². The third-order valence-corrected chi connectivity index (χ3v) is 2.93. The molecule has 2 rings (SSSR count). The van der Waals surface area contributed by atoms with Crippen LogP contribution in [0.4, 0.5) is 23.2 Å². The molecule has 0 saturated heterocycles. The van der Waals surface area contributed by atoms with Crippen molar-refractivity contribution in [2.75, 3.05) is 5.32 Å². The molecule has 7 heteroatoms. The smallest absolute Gasteiger partial charge is 0.378 e. The summed E-state index contributed by atoms with van der Waals surface area (Å²) in [5, 5.41) is 6.35. The maximum Gasteiger partial charge on any atom is 0.416 e. The fourth-order valence-corrected chi connectivity index (χ4v) is 1.77. The molecule has 0 bridgehead atoms. The van der Waals surface area contributed by atoms with Crippen molar-refractivity contribution in [1.29, 1.82) is 0 Å². The van der Waals surface area contributed by atoms with E-state index in [4.69, 9.17) is 4.52 Å². The summed E-state index contributed by atoms with van der Waals surface area (Å²) in [5.74, 6) is -0.202. The van der Waals surface area contributed by atoms with Gasteiger partial charge >= 0.3 is 6.18 Å². The predicted octanol–water partition coefficient (Wildman–Crippen LogP) is 4.06. The lowest BCUT2D eigenvalue weighted by Gasteiger charge is -2.11. The second-order valence-electron chi connectivity index (χ2n) is 4.35. The molecule has 0 atom stereocenters. The Hall–Kier alpha value is -2.05. The average molecular weight is 288 g/mol. The topological polar surface area (TPSA) is 38.1 Å². The van der Waals surface area contributed by atoms with Crippen LogP contribution in [0.3, 0.4) is 0 Å². The number of nitrogens with zero attached hydrogens (tertiary/aromatic N) is 1. The van der Waals surface area contributed by atoms with Crippen molar-refractivity contribution >= 4 is 5.69 Å². The highest BCUT2D eigenvalue weighted by Crippen LogP contribution is 2.32. The number of alkyl halides is 3. The number of benzene rings is 1. The Kier molecular flexibility index (Phi) is 3.69. The normalized spacial score (nSPS) is 11.7. The van der Waals surface area contributed by atoms with Crippen LogP contribution in [0.25, 0.3) is 0 Å². The van der Waals surface area contributed by atoms with Gasteiger partial charge in [0.05, 0.1) is 16.9 Å². The number of hydrogen-bond acceptors (Lipinski definition) is 3. The van der Waals surface area contributed by atoms with Gasteiger partial charge in [-0.25, -0.2) is 4.39 Å². The van der Waals surface area contributed by atoms with Gasteiger partial charge in [-0.2, -0.15) is 13.2 Å². The van der Waals surface area contributed by atoms with Crippen LogP contribution >= 0.6 is 0 Å². The van der Waals surface area contributed by atoms with E-state index in [0.717, 1.165) is 12.1 Å². The number of aryl methyl sites for hydroxylation is 2. The second kappa shape index (κ2) is 5.15. The Balaban J connectivity index is 2.21. The molecule has 0 aliphatic rings. The van der Waals surface area contributed by atoms with Gasteiger partial charge in [-0.1, -0.05) is 5.16 Å². The minimum absolute atomic E-state index is 0.138. The lowest BCUT2D eigenvalue weighted by atomic mass is 10.1. The fourth-order valence-electron chi connectivity index (χ4n) is 1.77. The molecule has 0 aliphatic carbocycles. The first-order valence-electron chi connectivity index (χ1n) is 5.81. The summed E-state index contributed by atoms with van der Waals surface area (Å²) in [4.78, 5) is 0. The zero-order chi connectivity index (χ0) is 14.9. The highest BCUT2D eigenvalue weighted by Gasteiger charge is 2.31. The van der Waals surface area contributed by atoms with Gasteiger partial charge < -0.3 is 9.84 Å². The third-order valence-electron chi connectivity index (χ3n) is 2.93. The maximum atomic E-state index is 13.5. The summed E-state index contributed by atoms with van der Waals surface area (Å²) in [6, 6.07) is 2.24. The van der Waals surface area contributed by atoms with Crippen LogP contribution in [-0.4, -0.2) is 5.16 Å². The number of hydrogen-bond donors (Lipinski definition) is 1. The van der Waals surface area contributed by atoms with Crippen molar-refractivity contribution in [2.24, 2.45) is 0 Å². The van der Waals surface area contributed by atoms with Crippen LogP contribution < -0.4 is 5.32 Å². The van der Waals surface area contributed by atoms with Crippen LogP contribution in [0.1, 0.15) is 22.6 Å². The van der Waals surface area contributed by atoms with Crippen molar-refractivity contribution in [3.05, 3.63) is 46.6 Å². The maximum absolute atomic E-state index is 13.5. The highest BCUT2D eigenvalue weighted by molar-refractivity contribution is 5.48. The minimum Gasteiger partial charge on any atom is -0.378 e. The molecule has 2 aromatic rings. The van der Waals surface area contributed by atoms with Crippen LogP contribution in [0.5, 0.6) is 0 Å². The molecule has 0 aliphatic heterocycles. The summed E-state index contributed by atoms with van der Waals surface area (Å²) >= 11 is 0. The molecular formula is C13H12F4N2O. The summed E-state index contributed by atoms with van der Waals surface area (Å²) in [7, 11) is 0. The Labute approximate surface area is 112 Å². The Morgan fingerprint density at radius 1 is 1.25 bits per heavy atom. The van der Waals surface area contributed by atoms with Crippen molar-refractivity contribution in [1.82, 2.24) is 5.16 Å². The zero-order valence-corrected chi connectivity index (χ0v) is 10.8. The zero-order valence-electron chi connectivity index (χ0n) is 10.8. The average Bonchev–Trinajstić information content (AvgIpc) is 2.67. The van der Waals surface area contributed by atoms with Gasteiger partial charge in [-0.15, -0.1) is 0 Å². The van der Waals surface area contributed by atoms with Gasteiger partial charge in [0, 0.05) is 12.1 Å². The molecular weight excluding hydrogens is 276 g/mol. The molecule has 0 unspecified atom stereocenters. The molecule has 1 aromatic heterocycles. The van der Waals surface area contributed by atoms with Crippen LogP contribution in [0, 0.1) is 19.7 Å². The monoisotopic (exact) mass is 288 g/mol. The lowest BCUT2D eigenvalue weighted by Crippen LogP contribution is -2.08. The van der Waals surface area contributed by atoms with Crippen molar-refractivity contribution in [3.63, 3.8) is 0 Å². The Bertz CT molecular complexity index is 600. The quantitative estimate of drug-likeness (QED) is 0.865. The van der Waals surface area contributed by atoms with Crippen molar-refractivity contribution in [2.45, 2.75) is 26.6 Å². The molecule has 0 radical (unpaired) electrons. The molecule has 1 N–H and O–H groups in total. The summed E-state index contributed by atoms with van der Waals surface area (Å²) in [6.45, 7) is 3.52. The van der Waals surface area contributed by atoms with Gasteiger partial charge in [-0.05, 0) is 32.0 Å². The van der Waals surface area contributed by atoms with E-state index in [1.807, 2.05) is 0 Å². The Morgan fingerprint density at radius 3 is 2.50 bits per heavy atom. The van der Waals surface area contributed by atoms with Crippen molar-refractivity contribution in [3.8, 4) is 0 Å². The van der Waals surface area contributed by atoms with Gasteiger partial charge in [0.25, 0.3) is 0 Å². The highest BCUT2D eigenvalue weighted by atomic mass is 19.4. The Morgan fingerprint density at radius 2 is 1.95 bits per heavy atom. The fraction of sp³-hybridized carbons (Fsp3) is 0.308. The van der Waals surface area contributed by atoms with Crippen LogP contribution in [0.2, 0.25) is 0 Å². The number of aromatic nitrogens is 1. The molecule has 1 heterocycles. The first kappa shape index (κ1) is 14.4. The predicted molar refractivity (Wildman–Crippen MR) is 64.7 cm³/mol. The van der Waals surface area contributed by atoms with E-state index in [2.05, 4.69) is 10.5 Å². The number of rotatable bonds is 3. The van der Waals surface area contributed by atoms with E-state index in [-0.39, 0.29) is 12.2 Å². The van der Waals surface area contributed by atoms with Crippen LogP contribution in [-0.2, 0) is 12.7 Å². The third kappa shape index (κ3) is 2.92. The first-order valence-corrected chi connectivity index (χ1v) is 5.81. The molecule has 0 spiro atoms. The molecule has 1 aromatic carbocycles. The summed E-state index contributed by atoms with van der Waals surface area (Å²) in [6.07, 6.45) is -4.51. The molecule has 0 fully saturated rings. The molecule has 108 valence electrons. The van der Waals surface area contributed by atoms with E-state index >= 15 is 0 Å². The van der Waals surface area contributed by atoms with E-state index in [9.17, 15) is 17.6 Å². The lowest BCUT2D eigenvalue weighted by molar-refractivity contribution is -0.137. The minimum atomic E-state index is -4.51. The standard InChI is InChI=1S/C13H12F4N2O/c1-7-10(8(2)20-19-7)6-18-12-5-9(13(15,16)17)3-4-11(12)14/h3-5,18H,6H2,1-2H3. The van der Waals surface area contributed by atoms with E-state index in [0.29, 0.717) is 23.1 Å². The van der Waals surface area contributed by atoms with Gasteiger partial charge in [0.2, 0.25) is 0 Å². The molecule has 3 nitrogen and oxygen atoms in total. The molecule has 0 saturated carbocycles. The van der Waals surface area contributed by atoms with Crippen molar-refractivity contribution < 1.29 is 22.1 Å². The van der Waals surface area contributed by atoms with Crippen LogP contribution in [0.15, 0.2) is 22.7 Å². The number of anilines is 1. The summed E-state index contributed by atoms with van der Waals surface area (Å²) < 4.78 is 56.1. The summed E-state index contributed by atoms with van der Waals surface area (Å²) in [5.41, 5.74) is 0.198. The largest absolute Gasteiger partial charge is 0.416 e.